The number of thioether (sulfide) groups is 1. The summed E-state index contributed by atoms with van der Waals surface area (Å²) >= 11 is 1.60. The van der Waals surface area contributed by atoms with Crippen molar-refractivity contribution in [2.24, 2.45) is 0 Å². The Morgan fingerprint density at radius 2 is 2.19 bits per heavy atom. The zero-order valence-corrected chi connectivity index (χ0v) is 9.63. The molecule has 1 fully saturated rings. The van der Waals surface area contributed by atoms with Crippen LogP contribution < -0.4 is 0 Å². The third-order valence-corrected chi connectivity index (χ3v) is 3.67. The molecule has 1 aliphatic rings. The Labute approximate surface area is 98.2 Å². The molecule has 1 saturated heterocycles. The van der Waals surface area contributed by atoms with E-state index in [1.165, 1.54) is 6.07 Å². The predicted molar refractivity (Wildman–Crippen MR) is 62.2 cm³/mol. The predicted octanol–water partition coefficient (Wildman–Crippen LogP) is 2.07. The van der Waals surface area contributed by atoms with Gasteiger partial charge >= 0.3 is 0 Å². The first-order chi connectivity index (χ1) is 7.75. The second-order valence-electron chi connectivity index (χ2n) is 3.78. The van der Waals surface area contributed by atoms with Gasteiger partial charge in [-0.2, -0.15) is 0 Å². The molecular weight excluding hydrogens is 227 g/mol. The minimum absolute atomic E-state index is 0.0713. The fraction of sp³-hybridized carbons (Fsp3) is 0.417. The third-order valence-electron chi connectivity index (χ3n) is 2.43. The molecule has 86 valence electrons. The van der Waals surface area contributed by atoms with Crippen LogP contribution in [0, 0.1) is 5.82 Å². The monoisotopic (exact) mass is 240 g/mol. The molecule has 0 aromatic heterocycles. The smallest absolute Gasteiger partial charge is 0.147 e. The molecule has 2 nitrogen and oxygen atoms in total. The van der Waals surface area contributed by atoms with E-state index < -0.39 is 0 Å². The first kappa shape index (κ1) is 11.6. The summed E-state index contributed by atoms with van der Waals surface area (Å²) in [5.41, 5.74) is 0.484. The minimum Gasteiger partial charge on any atom is -0.379 e. The fourth-order valence-corrected chi connectivity index (χ4v) is 2.33. The average Bonchev–Trinajstić information content (AvgIpc) is 2.19. The van der Waals surface area contributed by atoms with Crippen molar-refractivity contribution < 1.29 is 13.9 Å². The number of benzene rings is 1. The Hall–Kier alpha value is -0.870. The van der Waals surface area contributed by atoms with E-state index in [0.29, 0.717) is 16.6 Å². The second kappa shape index (κ2) is 5.46. The Bertz CT molecular complexity index is 377. The molecule has 4 heteroatoms. The summed E-state index contributed by atoms with van der Waals surface area (Å²) in [4.78, 5) is 11.6. The molecule has 0 atom stereocenters. The third kappa shape index (κ3) is 3.06. The highest BCUT2D eigenvalue weighted by Gasteiger charge is 2.20. The van der Waals surface area contributed by atoms with E-state index in [-0.39, 0.29) is 18.0 Å². The topological polar surface area (TPSA) is 26.3 Å². The van der Waals surface area contributed by atoms with E-state index in [0.717, 1.165) is 13.2 Å². The zero-order valence-electron chi connectivity index (χ0n) is 8.82. The molecule has 0 unspecified atom stereocenters. The Morgan fingerprint density at radius 1 is 1.44 bits per heavy atom. The maximum atomic E-state index is 13.2. The van der Waals surface area contributed by atoms with Gasteiger partial charge in [0.1, 0.15) is 11.6 Å². The molecule has 16 heavy (non-hydrogen) atoms. The first-order valence-corrected chi connectivity index (χ1v) is 6.25. The van der Waals surface area contributed by atoms with E-state index in [2.05, 4.69) is 0 Å². The molecule has 0 saturated carbocycles. The Balaban J connectivity index is 1.80. The van der Waals surface area contributed by atoms with Crippen LogP contribution >= 0.6 is 11.8 Å². The number of hydrogen-bond acceptors (Lipinski definition) is 3. The molecule has 2 rings (SSSR count). The van der Waals surface area contributed by atoms with Gasteiger partial charge in [-0.05, 0) is 11.6 Å². The highest BCUT2D eigenvalue weighted by molar-refractivity contribution is 8.00. The van der Waals surface area contributed by atoms with Crippen molar-refractivity contribution in [1.29, 1.82) is 0 Å². The summed E-state index contributed by atoms with van der Waals surface area (Å²) in [5, 5.41) is 0.449. The van der Waals surface area contributed by atoms with Crippen LogP contribution in [0.4, 0.5) is 4.39 Å². The van der Waals surface area contributed by atoms with E-state index in [4.69, 9.17) is 4.74 Å². The Kier molecular flexibility index (Phi) is 3.96. The van der Waals surface area contributed by atoms with Gasteiger partial charge in [0.25, 0.3) is 0 Å². The van der Waals surface area contributed by atoms with E-state index >= 15 is 0 Å². The Morgan fingerprint density at radius 3 is 2.81 bits per heavy atom. The SMILES string of the molecule is O=C(CSC1COC1)Cc1ccccc1F. The summed E-state index contributed by atoms with van der Waals surface area (Å²) < 4.78 is 18.3. The number of carbonyl (C=O) groups excluding carboxylic acids is 1. The van der Waals surface area contributed by atoms with Gasteiger partial charge in [0.15, 0.2) is 0 Å². The molecule has 0 amide bonds. The number of carbonyl (C=O) groups is 1. The first-order valence-electron chi connectivity index (χ1n) is 5.20. The van der Waals surface area contributed by atoms with Gasteiger partial charge in [-0.1, -0.05) is 18.2 Å². The van der Waals surface area contributed by atoms with Crippen molar-refractivity contribution in [3.05, 3.63) is 35.6 Å². The van der Waals surface area contributed by atoms with Crippen LogP contribution in [0.15, 0.2) is 24.3 Å². The number of rotatable bonds is 5. The summed E-state index contributed by atoms with van der Waals surface area (Å²) in [5.74, 6) is 0.220. The standard InChI is InChI=1S/C12H13FO2S/c13-12-4-2-1-3-9(12)5-10(14)8-16-11-6-15-7-11/h1-4,11H,5-8H2. The lowest BCUT2D eigenvalue weighted by Crippen LogP contribution is -2.31. The maximum absolute atomic E-state index is 13.2. The number of Topliss-reactive ketones (excluding diaryl/α,β-unsaturated/α-hetero) is 1. The van der Waals surface area contributed by atoms with Gasteiger partial charge in [0.2, 0.25) is 0 Å². The average molecular weight is 240 g/mol. The largest absolute Gasteiger partial charge is 0.379 e. The maximum Gasteiger partial charge on any atom is 0.147 e. The normalized spacial score (nSPS) is 15.8. The number of ketones is 1. The van der Waals surface area contributed by atoms with E-state index in [9.17, 15) is 9.18 Å². The lowest BCUT2D eigenvalue weighted by Gasteiger charge is -2.24. The van der Waals surface area contributed by atoms with Crippen molar-refractivity contribution in [3.8, 4) is 0 Å². The van der Waals surface area contributed by atoms with Crippen molar-refractivity contribution in [3.63, 3.8) is 0 Å². The van der Waals surface area contributed by atoms with Gasteiger partial charge in [0, 0.05) is 6.42 Å². The summed E-state index contributed by atoms with van der Waals surface area (Å²) in [6.07, 6.45) is 0.188. The lowest BCUT2D eigenvalue weighted by atomic mass is 10.1. The molecule has 0 radical (unpaired) electrons. The van der Waals surface area contributed by atoms with Crippen molar-refractivity contribution in [2.75, 3.05) is 19.0 Å². The fourth-order valence-electron chi connectivity index (χ4n) is 1.43. The number of hydrogen-bond donors (Lipinski definition) is 0. The lowest BCUT2D eigenvalue weighted by molar-refractivity contribution is -0.116. The summed E-state index contributed by atoms with van der Waals surface area (Å²) in [6, 6.07) is 6.42. The van der Waals surface area contributed by atoms with Crippen molar-refractivity contribution >= 4 is 17.5 Å². The molecule has 1 aromatic rings. The highest BCUT2D eigenvalue weighted by atomic mass is 32.2. The van der Waals surface area contributed by atoms with Gasteiger partial charge in [-0.15, -0.1) is 11.8 Å². The summed E-state index contributed by atoms with van der Waals surface area (Å²) in [7, 11) is 0. The molecule has 1 heterocycles. The molecular formula is C12H13FO2S. The van der Waals surface area contributed by atoms with Crippen LogP contribution in [0.1, 0.15) is 5.56 Å². The minimum atomic E-state index is -0.298. The highest BCUT2D eigenvalue weighted by Crippen LogP contribution is 2.19. The van der Waals surface area contributed by atoms with Crippen molar-refractivity contribution in [1.82, 2.24) is 0 Å². The molecule has 0 spiro atoms. The van der Waals surface area contributed by atoms with E-state index in [1.807, 2.05) is 0 Å². The zero-order chi connectivity index (χ0) is 11.4. The number of halogens is 1. The molecule has 0 N–H and O–H groups in total. The quantitative estimate of drug-likeness (QED) is 0.788. The van der Waals surface area contributed by atoms with Gasteiger partial charge in [0.05, 0.1) is 24.2 Å². The van der Waals surface area contributed by atoms with Gasteiger partial charge in [-0.25, -0.2) is 4.39 Å². The molecule has 0 aliphatic carbocycles. The van der Waals surface area contributed by atoms with Crippen LogP contribution in [-0.2, 0) is 16.0 Å². The van der Waals surface area contributed by atoms with Gasteiger partial charge in [-0.3, -0.25) is 4.79 Å². The van der Waals surface area contributed by atoms with Crippen LogP contribution in [0.2, 0.25) is 0 Å². The van der Waals surface area contributed by atoms with E-state index in [1.54, 1.807) is 30.0 Å². The molecule has 0 bridgehead atoms. The van der Waals surface area contributed by atoms with Gasteiger partial charge < -0.3 is 4.74 Å². The van der Waals surface area contributed by atoms with Crippen LogP contribution in [0.5, 0.6) is 0 Å². The van der Waals surface area contributed by atoms with Crippen molar-refractivity contribution in [2.45, 2.75) is 11.7 Å². The number of ether oxygens (including phenoxy) is 1. The second-order valence-corrected chi connectivity index (χ2v) is 5.07. The van der Waals surface area contributed by atoms with Crippen LogP contribution in [0.3, 0.4) is 0 Å². The molecule has 1 aliphatic heterocycles. The van der Waals surface area contributed by atoms with Crippen LogP contribution in [0.25, 0.3) is 0 Å². The van der Waals surface area contributed by atoms with Crippen LogP contribution in [-0.4, -0.2) is 30.0 Å². The summed E-state index contributed by atoms with van der Waals surface area (Å²) in [6.45, 7) is 1.47. The molecule has 1 aromatic carbocycles.